The van der Waals surface area contributed by atoms with Crippen LogP contribution in [0.2, 0.25) is 0 Å². The van der Waals surface area contributed by atoms with Crippen LogP contribution in [0, 0.1) is 5.82 Å². The molecule has 5 nitrogen and oxygen atoms in total. The van der Waals surface area contributed by atoms with Crippen molar-refractivity contribution in [2.24, 2.45) is 0 Å². The van der Waals surface area contributed by atoms with E-state index in [1.54, 1.807) is 31.2 Å². The molecule has 0 aliphatic heterocycles. The minimum Gasteiger partial charge on any atom is -0.483 e. The van der Waals surface area contributed by atoms with Crippen LogP contribution in [0.5, 0.6) is 5.75 Å². The zero-order valence-corrected chi connectivity index (χ0v) is 14.4. The number of esters is 1. The molecule has 1 amide bonds. The third kappa shape index (κ3) is 4.79. The van der Waals surface area contributed by atoms with Gasteiger partial charge in [0, 0.05) is 0 Å². The molecule has 0 fully saturated rings. The van der Waals surface area contributed by atoms with E-state index in [1.165, 1.54) is 18.2 Å². The van der Waals surface area contributed by atoms with Gasteiger partial charge in [0.05, 0.1) is 22.3 Å². The van der Waals surface area contributed by atoms with Crippen LogP contribution >= 0.6 is 15.9 Å². The molecule has 0 saturated heterocycles. The Bertz CT molecular complexity index is 751. The number of rotatable bonds is 6. The maximum atomic E-state index is 13.0. The fourth-order valence-corrected chi connectivity index (χ4v) is 2.37. The highest BCUT2D eigenvalue weighted by Gasteiger charge is 2.14. The second kappa shape index (κ2) is 8.44. The Kier molecular flexibility index (Phi) is 6.31. The third-order valence-electron chi connectivity index (χ3n) is 2.95. The average molecular weight is 396 g/mol. The van der Waals surface area contributed by atoms with Gasteiger partial charge in [-0.3, -0.25) is 4.79 Å². The van der Waals surface area contributed by atoms with Gasteiger partial charge in [0.1, 0.15) is 11.6 Å². The minimum atomic E-state index is -0.518. The summed E-state index contributed by atoms with van der Waals surface area (Å²) in [4.78, 5) is 23.9. The van der Waals surface area contributed by atoms with E-state index in [1.807, 2.05) is 0 Å². The Morgan fingerprint density at radius 1 is 1.21 bits per heavy atom. The van der Waals surface area contributed by atoms with Gasteiger partial charge >= 0.3 is 5.97 Å². The zero-order chi connectivity index (χ0) is 17.5. The SMILES string of the molecule is CCOC(=O)c1ccccc1NC(=O)COc1ccc(F)cc1Br. The van der Waals surface area contributed by atoms with Crippen molar-refractivity contribution >= 4 is 33.5 Å². The quantitative estimate of drug-likeness (QED) is 0.755. The number of ether oxygens (including phenoxy) is 2. The maximum absolute atomic E-state index is 13.0. The number of carbonyl (C=O) groups excluding carboxylic acids is 2. The van der Waals surface area contributed by atoms with Crippen molar-refractivity contribution in [2.45, 2.75) is 6.92 Å². The molecule has 2 rings (SSSR count). The van der Waals surface area contributed by atoms with Gasteiger partial charge in [-0.25, -0.2) is 9.18 Å². The number of amides is 1. The molecular formula is C17H15BrFNO4. The van der Waals surface area contributed by atoms with Gasteiger partial charge in [-0.2, -0.15) is 0 Å². The molecule has 0 aliphatic rings. The van der Waals surface area contributed by atoms with Crippen molar-refractivity contribution in [3.05, 3.63) is 58.3 Å². The van der Waals surface area contributed by atoms with Crippen molar-refractivity contribution in [2.75, 3.05) is 18.5 Å². The summed E-state index contributed by atoms with van der Waals surface area (Å²) in [6.45, 7) is 1.65. The van der Waals surface area contributed by atoms with Gasteiger partial charge in [0.25, 0.3) is 5.91 Å². The van der Waals surface area contributed by atoms with Crippen molar-refractivity contribution < 1.29 is 23.5 Å². The first kappa shape index (κ1) is 17.9. The van der Waals surface area contributed by atoms with Crippen LogP contribution in [0.1, 0.15) is 17.3 Å². The van der Waals surface area contributed by atoms with E-state index in [0.29, 0.717) is 15.9 Å². The molecule has 7 heteroatoms. The Labute approximate surface area is 146 Å². The molecule has 1 N–H and O–H groups in total. The lowest BCUT2D eigenvalue weighted by Crippen LogP contribution is -2.22. The largest absolute Gasteiger partial charge is 0.483 e. The Hall–Kier alpha value is -2.41. The average Bonchev–Trinajstić information content (AvgIpc) is 2.54. The second-order valence-corrected chi connectivity index (χ2v) is 5.53. The van der Waals surface area contributed by atoms with Crippen LogP contribution in [0.4, 0.5) is 10.1 Å². The molecule has 0 aromatic heterocycles. The highest BCUT2D eigenvalue weighted by molar-refractivity contribution is 9.10. The van der Waals surface area contributed by atoms with E-state index in [9.17, 15) is 14.0 Å². The summed E-state index contributed by atoms with van der Waals surface area (Å²) in [7, 11) is 0. The lowest BCUT2D eigenvalue weighted by Gasteiger charge is -2.11. The lowest BCUT2D eigenvalue weighted by atomic mass is 10.2. The number of anilines is 1. The summed E-state index contributed by atoms with van der Waals surface area (Å²) in [6.07, 6.45) is 0. The van der Waals surface area contributed by atoms with Gasteiger partial charge in [-0.1, -0.05) is 12.1 Å². The molecule has 0 spiro atoms. The number of nitrogens with one attached hydrogen (secondary N) is 1. The van der Waals surface area contributed by atoms with E-state index >= 15 is 0 Å². The Balaban J connectivity index is 2.01. The van der Waals surface area contributed by atoms with E-state index < -0.39 is 17.7 Å². The van der Waals surface area contributed by atoms with Crippen molar-refractivity contribution in [3.8, 4) is 5.75 Å². The topological polar surface area (TPSA) is 64.6 Å². The van der Waals surface area contributed by atoms with Gasteiger partial charge in [-0.15, -0.1) is 0 Å². The number of hydrogen-bond acceptors (Lipinski definition) is 4. The Morgan fingerprint density at radius 3 is 2.67 bits per heavy atom. The first-order valence-corrected chi connectivity index (χ1v) is 7.94. The fourth-order valence-electron chi connectivity index (χ4n) is 1.90. The molecule has 2 aromatic rings. The van der Waals surface area contributed by atoms with Crippen molar-refractivity contribution in [1.82, 2.24) is 0 Å². The maximum Gasteiger partial charge on any atom is 0.340 e. The molecule has 0 radical (unpaired) electrons. The van der Waals surface area contributed by atoms with E-state index in [0.717, 1.165) is 0 Å². The fraction of sp³-hybridized carbons (Fsp3) is 0.176. The highest BCUT2D eigenvalue weighted by atomic mass is 79.9. The Morgan fingerprint density at radius 2 is 1.96 bits per heavy atom. The summed E-state index contributed by atoms with van der Waals surface area (Å²) in [6, 6.07) is 10.4. The van der Waals surface area contributed by atoms with Gasteiger partial charge in [-0.05, 0) is 53.2 Å². The van der Waals surface area contributed by atoms with Crippen LogP contribution in [0.15, 0.2) is 46.9 Å². The molecule has 126 valence electrons. The predicted octanol–water partition coefficient (Wildman–Crippen LogP) is 3.78. The number of para-hydroxylation sites is 1. The van der Waals surface area contributed by atoms with Crippen LogP contribution < -0.4 is 10.1 Å². The molecule has 0 heterocycles. The first-order valence-electron chi connectivity index (χ1n) is 7.15. The summed E-state index contributed by atoms with van der Waals surface area (Å²) in [5.41, 5.74) is 0.596. The van der Waals surface area contributed by atoms with Crippen LogP contribution in [0.25, 0.3) is 0 Å². The van der Waals surface area contributed by atoms with E-state index in [-0.39, 0.29) is 18.8 Å². The van der Waals surface area contributed by atoms with Crippen LogP contribution in [0.3, 0.4) is 0 Å². The molecule has 0 atom stereocenters. The monoisotopic (exact) mass is 395 g/mol. The lowest BCUT2D eigenvalue weighted by molar-refractivity contribution is -0.118. The van der Waals surface area contributed by atoms with Gasteiger partial charge in [0.2, 0.25) is 0 Å². The summed E-state index contributed by atoms with van der Waals surface area (Å²) in [5.74, 6) is -1.05. The number of hydrogen-bond donors (Lipinski definition) is 1. The summed E-state index contributed by atoms with van der Waals surface area (Å²) < 4.78 is 23.7. The molecule has 0 aliphatic carbocycles. The van der Waals surface area contributed by atoms with Crippen LogP contribution in [-0.2, 0) is 9.53 Å². The summed E-state index contributed by atoms with van der Waals surface area (Å²) >= 11 is 3.15. The van der Waals surface area contributed by atoms with Gasteiger partial charge in [0.15, 0.2) is 6.61 Å². The zero-order valence-electron chi connectivity index (χ0n) is 12.8. The molecule has 0 unspecified atom stereocenters. The molecular weight excluding hydrogens is 381 g/mol. The van der Waals surface area contributed by atoms with Crippen molar-refractivity contribution in [3.63, 3.8) is 0 Å². The normalized spacial score (nSPS) is 10.1. The third-order valence-corrected chi connectivity index (χ3v) is 3.57. The smallest absolute Gasteiger partial charge is 0.340 e. The second-order valence-electron chi connectivity index (χ2n) is 4.68. The number of carbonyl (C=O) groups is 2. The first-order chi connectivity index (χ1) is 11.5. The van der Waals surface area contributed by atoms with E-state index in [2.05, 4.69) is 21.2 Å². The molecule has 24 heavy (non-hydrogen) atoms. The molecule has 0 bridgehead atoms. The number of halogens is 2. The predicted molar refractivity (Wildman–Crippen MR) is 90.6 cm³/mol. The summed E-state index contributed by atoms with van der Waals surface area (Å²) in [5, 5.41) is 2.60. The number of benzene rings is 2. The minimum absolute atomic E-state index is 0.239. The highest BCUT2D eigenvalue weighted by Crippen LogP contribution is 2.25. The standard InChI is InChI=1S/C17H15BrFNO4/c1-2-23-17(22)12-5-3-4-6-14(12)20-16(21)10-24-15-8-7-11(19)9-13(15)18/h3-9H,2,10H2,1H3,(H,20,21). The van der Waals surface area contributed by atoms with E-state index in [4.69, 9.17) is 9.47 Å². The van der Waals surface area contributed by atoms with Gasteiger partial charge < -0.3 is 14.8 Å². The van der Waals surface area contributed by atoms with Crippen molar-refractivity contribution in [1.29, 1.82) is 0 Å². The van der Waals surface area contributed by atoms with Crippen LogP contribution in [-0.4, -0.2) is 25.1 Å². The molecule has 0 saturated carbocycles. The molecule has 2 aromatic carbocycles.